The number of carbonyl (C=O) groups excluding carboxylic acids is 2. The Morgan fingerprint density at radius 3 is 2.47 bits per heavy atom. The van der Waals surface area contributed by atoms with Crippen molar-refractivity contribution in [1.82, 2.24) is 10.2 Å². The smallest absolute Gasteiger partial charge is 0.285 e. The molecule has 1 rings (SSSR count). The largest absolute Gasteiger partial charge is 0.355 e. The minimum absolute atomic E-state index is 0.0536. The van der Waals surface area contributed by atoms with Gasteiger partial charge < -0.3 is 10.2 Å². The number of hydrogen-bond acceptors (Lipinski definition) is 3. The van der Waals surface area contributed by atoms with Crippen molar-refractivity contribution < 1.29 is 9.59 Å². The summed E-state index contributed by atoms with van der Waals surface area (Å²) in [6.45, 7) is 1.92. The number of nitrogens with zero attached hydrogens (tertiary/aromatic N) is 1. The molecule has 0 aromatic heterocycles. The number of thioether (sulfide) groups is 1. The van der Waals surface area contributed by atoms with E-state index in [0.29, 0.717) is 5.56 Å². The summed E-state index contributed by atoms with van der Waals surface area (Å²) in [5, 5.41) is 2.51. The predicted molar refractivity (Wildman–Crippen MR) is 69.5 cm³/mol. The highest BCUT2D eigenvalue weighted by Gasteiger charge is 2.11. The molecule has 17 heavy (non-hydrogen) atoms. The van der Waals surface area contributed by atoms with Crippen molar-refractivity contribution in [2.24, 2.45) is 0 Å². The van der Waals surface area contributed by atoms with Crippen LogP contribution in [0.2, 0.25) is 0 Å². The fraction of sp³-hybridized carbons (Fsp3) is 0.333. The van der Waals surface area contributed by atoms with Crippen LogP contribution in [0.5, 0.6) is 0 Å². The molecule has 1 aromatic carbocycles. The first-order valence-corrected chi connectivity index (χ1v) is 5.99. The van der Waals surface area contributed by atoms with Gasteiger partial charge in [-0.05, 0) is 36.4 Å². The van der Waals surface area contributed by atoms with Crippen LogP contribution >= 0.6 is 11.8 Å². The highest BCUT2D eigenvalue weighted by atomic mass is 32.2. The van der Waals surface area contributed by atoms with Crippen LogP contribution in [0, 0.1) is 6.92 Å². The van der Waals surface area contributed by atoms with E-state index < -0.39 is 0 Å². The van der Waals surface area contributed by atoms with Gasteiger partial charge in [0, 0.05) is 31.6 Å². The van der Waals surface area contributed by atoms with Gasteiger partial charge in [-0.2, -0.15) is 0 Å². The van der Waals surface area contributed by atoms with Gasteiger partial charge in [-0.1, -0.05) is 6.07 Å². The number of aryl methyl sites for hydroxylation is 1. The van der Waals surface area contributed by atoms with Gasteiger partial charge in [-0.15, -0.1) is 0 Å². The lowest BCUT2D eigenvalue weighted by Gasteiger charge is -2.11. The summed E-state index contributed by atoms with van der Waals surface area (Å²) in [5.74, 6) is -0.149. The molecule has 0 fully saturated rings. The van der Waals surface area contributed by atoms with Gasteiger partial charge in [-0.3, -0.25) is 9.59 Å². The molecule has 2 amide bonds. The average Bonchev–Trinajstić information content (AvgIpc) is 2.30. The van der Waals surface area contributed by atoms with Crippen LogP contribution in [0.1, 0.15) is 15.9 Å². The predicted octanol–water partition coefficient (Wildman–Crippen LogP) is 2.13. The quantitative estimate of drug-likeness (QED) is 0.820. The van der Waals surface area contributed by atoms with Gasteiger partial charge in [0.15, 0.2) is 0 Å². The number of nitrogens with one attached hydrogen (secondary N) is 1. The van der Waals surface area contributed by atoms with Crippen LogP contribution in [0.15, 0.2) is 23.1 Å². The zero-order chi connectivity index (χ0) is 13.0. The van der Waals surface area contributed by atoms with Crippen molar-refractivity contribution in [3.05, 3.63) is 29.3 Å². The molecule has 0 aliphatic heterocycles. The highest BCUT2D eigenvalue weighted by molar-refractivity contribution is 8.13. The Kier molecular flexibility index (Phi) is 4.57. The minimum atomic E-state index is -0.149. The molecule has 0 aliphatic rings. The Balaban J connectivity index is 2.99. The van der Waals surface area contributed by atoms with Crippen LogP contribution < -0.4 is 5.32 Å². The third-order valence-corrected chi connectivity index (χ3v) is 3.44. The van der Waals surface area contributed by atoms with Crippen molar-refractivity contribution in [1.29, 1.82) is 0 Å². The maximum absolute atomic E-state index is 11.6. The number of carbonyl (C=O) groups is 2. The Morgan fingerprint density at radius 2 is 1.94 bits per heavy atom. The van der Waals surface area contributed by atoms with E-state index >= 15 is 0 Å². The molecule has 5 heteroatoms. The summed E-state index contributed by atoms with van der Waals surface area (Å²) >= 11 is 1.13. The Morgan fingerprint density at radius 1 is 1.29 bits per heavy atom. The Labute approximate surface area is 105 Å². The number of benzene rings is 1. The fourth-order valence-electron chi connectivity index (χ4n) is 1.18. The van der Waals surface area contributed by atoms with Crippen LogP contribution in [0.4, 0.5) is 4.79 Å². The lowest BCUT2D eigenvalue weighted by Crippen LogP contribution is -2.18. The van der Waals surface area contributed by atoms with Gasteiger partial charge in [0.25, 0.3) is 11.1 Å². The molecule has 0 saturated heterocycles. The second-order valence-electron chi connectivity index (χ2n) is 3.82. The fourth-order valence-corrected chi connectivity index (χ4v) is 1.97. The molecule has 0 bridgehead atoms. The molecular weight excluding hydrogens is 236 g/mol. The molecule has 0 saturated carbocycles. The number of amides is 2. The van der Waals surface area contributed by atoms with E-state index in [4.69, 9.17) is 0 Å². The molecule has 0 aliphatic carbocycles. The van der Waals surface area contributed by atoms with Crippen LogP contribution in [-0.4, -0.2) is 37.2 Å². The topological polar surface area (TPSA) is 49.4 Å². The zero-order valence-electron chi connectivity index (χ0n) is 10.4. The summed E-state index contributed by atoms with van der Waals surface area (Å²) in [6, 6.07) is 5.33. The summed E-state index contributed by atoms with van der Waals surface area (Å²) < 4.78 is 0. The van der Waals surface area contributed by atoms with Gasteiger partial charge in [0.1, 0.15) is 0 Å². The second-order valence-corrected chi connectivity index (χ2v) is 4.81. The molecule has 0 unspecified atom stereocenters. The molecule has 92 valence electrons. The van der Waals surface area contributed by atoms with E-state index in [1.165, 1.54) is 4.90 Å². The monoisotopic (exact) mass is 252 g/mol. The van der Waals surface area contributed by atoms with E-state index in [9.17, 15) is 9.59 Å². The second kappa shape index (κ2) is 5.72. The first-order chi connectivity index (χ1) is 7.95. The van der Waals surface area contributed by atoms with Crippen molar-refractivity contribution in [3.63, 3.8) is 0 Å². The Bertz CT molecular complexity index is 444. The van der Waals surface area contributed by atoms with Gasteiger partial charge in [-0.25, -0.2) is 0 Å². The lowest BCUT2D eigenvalue weighted by atomic mass is 10.1. The third kappa shape index (κ3) is 3.49. The Hall–Kier alpha value is -1.49. The van der Waals surface area contributed by atoms with E-state index in [1.807, 2.05) is 13.0 Å². The number of hydrogen-bond donors (Lipinski definition) is 1. The molecule has 0 radical (unpaired) electrons. The summed E-state index contributed by atoms with van der Waals surface area (Å²) in [6.07, 6.45) is 0. The van der Waals surface area contributed by atoms with Crippen LogP contribution in [-0.2, 0) is 0 Å². The molecular formula is C12H16N2O2S. The lowest BCUT2D eigenvalue weighted by molar-refractivity contribution is 0.0963. The van der Waals surface area contributed by atoms with Gasteiger partial charge >= 0.3 is 0 Å². The molecule has 1 N–H and O–H groups in total. The van der Waals surface area contributed by atoms with Crippen molar-refractivity contribution in [3.8, 4) is 0 Å². The first kappa shape index (κ1) is 13.6. The van der Waals surface area contributed by atoms with Crippen molar-refractivity contribution in [2.45, 2.75) is 11.8 Å². The molecule has 0 heterocycles. The highest BCUT2D eigenvalue weighted by Crippen LogP contribution is 2.25. The summed E-state index contributed by atoms with van der Waals surface area (Å²) in [7, 11) is 4.99. The number of rotatable bonds is 2. The molecule has 4 nitrogen and oxygen atoms in total. The standard InChI is InChI=1S/C12H16N2O2S/c1-8-5-6-9(11(15)13-2)7-10(8)17-12(16)14(3)4/h5-7H,1-4H3,(H,13,15). The van der Waals surface area contributed by atoms with Crippen LogP contribution in [0.25, 0.3) is 0 Å². The third-order valence-electron chi connectivity index (χ3n) is 2.24. The maximum atomic E-state index is 11.6. The summed E-state index contributed by atoms with van der Waals surface area (Å²) in [5.41, 5.74) is 1.55. The van der Waals surface area contributed by atoms with E-state index in [1.54, 1.807) is 33.3 Å². The van der Waals surface area contributed by atoms with Crippen molar-refractivity contribution >= 4 is 22.9 Å². The molecule has 1 aromatic rings. The SMILES string of the molecule is CNC(=O)c1ccc(C)c(SC(=O)N(C)C)c1. The normalized spacial score (nSPS) is 9.88. The first-order valence-electron chi connectivity index (χ1n) is 5.17. The zero-order valence-corrected chi connectivity index (χ0v) is 11.2. The summed E-state index contributed by atoms with van der Waals surface area (Å²) in [4.78, 5) is 25.4. The van der Waals surface area contributed by atoms with Gasteiger partial charge in [0.2, 0.25) is 0 Å². The maximum Gasteiger partial charge on any atom is 0.285 e. The molecule has 0 spiro atoms. The van der Waals surface area contributed by atoms with Crippen molar-refractivity contribution in [2.75, 3.05) is 21.1 Å². The van der Waals surface area contributed by atoms with E-state index in [0.717, 1.165) is 22.2 Å². The van der Waals surface area contributed by atoms with Gasteiger partial charge in [0.05, 0.1) is 0 Å². The molecule has 0 atom stereocenters. The van der Waals surface area contributed by atoms with E-state index in [-0.39, 0.29) is 11.1 Å². The average molecular weight is 252 g/mol. The minimum Gasteiger partial charge on any atom is -0.355 e. The van der Waals surface area contributed by atoms with E-state index in [2.05, 4.69) is 5.32 Å². The van der Waals surface area contributed by atoms with Crippen LogP contribution in [0.3, 0.4) is 0 Å².